The van der Waals surface area contributed by atoms with Crippen molar-refractivity contribution < 1.29 is 9.53 Å². The number of ether oxygens (including phenoxy) is 1. The van der Waals surface area contributed by atoms with Gasteiger partial charge >= 0.3 is 0 Å². The Labute approximate surface area is 113 Å². The Bertz CT molecular complexity index is 428. The van der Waals surface area contributed by atoms with Crippen LogP contribution < -0.4 is 11.1 Å². The Balaban J connectivity index is 2.05. The second kappa shape index (κ2) is 6.65. The fourth-order valence-corrected chi connectivity index (χ4v) is 2.03. The molecule has 1 aromatic rings. The highest BCUT2D eigenvalue weighted by Crippen LogP contribution is 2.18. The number of benzene rings is 1. The van der Waals surface area contributed by atoms with Crippen LogP contribution in [0.2, 0.25) is 0 Å². The first-order valence-electron chi connectivity index (χ1n) is 6.61. The van der Waals surface area contributed by atoms with Gasteiger partial charge in [-0.15, -0.1) is 0 Å². The van der Waals surface area contributed by atoms with Crippen LogP contribution in [0.25, 0.3) is 0 Å². The number of hydrogen-bond donors (Lipinski definition) is 2. The van der Waals surface area contributed by atoms with Gasteiger partial charge in [-0.25, -0.2) is 0 Å². The van der Waals surface area contributed by atoms with Crippen molar-refractivity contribution in [2.24, 2.45) is 5.73 Å². The van der Waals surface area contributed by atoms with Crippen molar-refractivity contribution in [1.29, 1.82) is 0 Å². The zero-order valence-electron chi connectivity index (χ0n) is 11.3. The van der Waals surface area contributed by atoms with Crippen molar-refractivity contribution in [2.45, 2.75) is 19.5 Å². The van der Waals surface area contributed by atoms with E-state index in [1.807, 2.05) is 24.3 Å². The van der Waals surface area contributed by atoms with Crippen LogP contribution in [-0.4, -0.2) is 43.2 Å². The molecule has 1 aliphatic rings. The molecule has 5 heteroatoms. The minimum absolute atomic E-state index is 0.158. The number of nitrogens with one attached hydrogen (secondary N) is 1. The van der Waals surface area contributed by atoms with Gasteiger partial charge in [-0.3, -0.25) is 9.69 Å². The van der Waals surface area contributed by atoms with Crippen LogP contribution in [0.1, 0.15) is 12.5 Å². The molecule has 1 fully saturated rings. The van der Waals surface area contributed by atoms with Gasteiger partial charge in [0.05, 0.1) is 19.3 Å². The van der Waals surface area contributed by atoms with E-state index >= 15 is 0 Å². The monoisotopic (exact) mass is 263 g/mol. The number of nitrogens with zero attached hydrogens (tertiary/aromatic N) is 1. The fraction of sp³-hybridized carbons (Fsp3) is 0.500. The summed E-state index contributed by atoms with van der Waals surface area (Å²) in [5, 5.41) is 2.88. The average molecular weight is 263 g/mol. The number of anilines is 1. The molecule has 1 aromatic carbocycles. The molecule has 1 aliphatic heterocycles. The van der Waals surface area contributed by atoms with E-state index in [2.05, 4.69) is 10.2 Å². The molecule has 1 amide bonds. The highest BCUT2D eigenvalue weighted by molar-refractivity contribution is 5.95. The Hall–Kier alpha value is -1.43. The molecule has 5 nitrogen and oxygen atoms in total. The van der Waals surface area contributed by atoms with Gasteiger partial charge in [-0.2, -0.15) is 0 Å². The summed E-state index contributed by atoms with van der Waals surface area (Å²) in [6, 6.07) is 7.34. The number of hydrogen-bond acceptors (Lipinski definition) is 4. The second-order valence-electron chi connectivity index (χ2n) is 4.82. The summed E-state index contributed by atoms with van der Waals surface area (Å²) in [5.41, 5.74) is 7.53. The van der Waals surface area contributed by atoms with Gasteiger partial charge in [0, 0.05) is 25.3 Å². The first-order chi connectivity index (χ1) is 9.16. The topological polar surface area (TPSA) is 67.6 Å². The zero-order valence-corrected chi connectivity index (χ0v) is 11.3. The predicted molar refractivity (Wildman–Crippen MR) is 74.8 cm³/mol. The smallest absolute Gasteiger partial charge is 0.241 e. The molecule has 19 heavy (non-hydrogen) atoms. The third-order valence-electron chi connectivity index (χ3n) is 3.19. The van der Waals surface area contributed by atoms with Gasteiger partial charge in [0.2, 0.25) is 5.91 Å². The highest BCUT2D eigenvalue weighted by atomic mass is 16.5. The first-order valence-corrected chi connectivity index (χ1v) is 6.61. The minimum atomic E-state index is -0.503. The maximum absolute atomic E-state index is 11.7. The van der Waals surface area contributed by atoms with E-state index in [9.17, 15) is 4.79 Å². The molecule has 3 N–H and O–H groups in total. The molecule has 104 valence electrons. The maximum Gasteiger partial charge on any atom is 0.241 e. The molecular formula is C14H21N3O2. The SMILES string of the molecule is CC(N)C(=O)Nc1ccccc1CN1CCOCC1. The van der Waals surface area contributed by atoms with E-state index in [4.69, 9.17) is 10.5 Å². The summed E-state index contributed by atoms with van der Waals surface area (Å²) in [6.45, 7) is 5.90. The summed E-state index contributed by atoms with van der Waals surface area (Å²) < 4.78 is 5.34. The van der Waals surface area contributed by atoms with Gasteiger partial charge in [0.25, 0.3) is 0 Å². The molecule has 1 atom stereocenters. The third-order valence-corrected chi connectivity index (χ3v) is 3.19. The number of rotatable bonds is 4. The number of carbonyl (C=O) groups excluding carboxylic acids is 1. The van der Waals surface area contributed by atoms with E-state index in [-0.39, 0.29) is 5.91 Å². The molecular weight excluding hydrogens is 242 g/mol. The minimum Gasteiger partial charge on any atom is -0.379 e. The highest BCUT2D eigenvalue weighted by Gasteiger charge is 2.14. The van der Waals surface area contributed by atoms with Crippen molar-refractivity contribution in [3.8, 4) is 0 Å². The Morgan fingerprint density at radius 2 is 2.11 bits per heavy atom. The van der Waals surface area contributed by atoms with Gasteiger partial charge < -0.3 is 15.8 Å². The number of nitrogens with two attached hydrogens (primary N) is 1. The first kappa shape index (κ1) is 14.0. The van der Waals surface area contributed by atoms with Gasteiger partial charge in [0.15, 0.2) is 0 Å². The summed E-state index contributed by atoms with van der Waals surface area (Å²) in [6.07, 6.45) is 0. The molecule has 0 radical (unpaired) electrons. The number of amides is 1. The predicted octanol–water partition coefficient (Wildman–Crippen LogP) is 0.804. The molecule has 1 unspecified atom stereocenters. The van der Waals surface area contributed by atoms with E-state index in [0.717, 1.165) is 44.1 Å². The molecule has 1 saturated heterocycles. The summed E-state index contributed by atoms with van der Waals surface area (Å²) in [5.74, 6) is -0.158. The fourth-order valence-electron chi connectivity index (χ4n) is 2.03. The zero-order chi connectivity index (χ0) is 13.7. The lowest BCUT2D eigenvalue weighted by molar-refractivity contribution is -0.117. The lowest BCUT2D eigenvalue weighted by atomic mass is 10.1. The number of para-hydroxylation sites is 1. The maximum atomic E-state index is 11.7. The average Bonchev–Trinajstić information content (AvgIpc) is 2.42. The van der Waals surface area contributed by atoms with E-state index in [0.29, 0.717) is 0 Å². The van der Waals surface area contributed by atoms with E-state index in [1.165, 1.54) is 0 Å². The van der Waals surface area contributed by atoms with Crippen LogP contribution >= 0.6 is 0 Å². The summed E-state index contributed by atoms with van der Waals surface area (Å²) >= 11 is 0. The normalized spacial score (nSPS) is 18.0. The van der Waals surface area contributed by atoms with Crippen LogP contribution in [0.3, 0.4) is 0 Å². The van der Waals surface area contributed by atoms with Crippen LogP contribution in [0.5, 0.6) is 0 Å². The standard InChI is InChI=1S/C14H21N3O2/c1-11(15)14(18)16-13-5-3-2-4-12(13)10-17-6-8-19-9-7-17/h2-5,11H,6-10,15H2,1H3,(H,16,18). The van der Waals surface area contributed by atoms with E-state index < -0.39 is 6.04 Å². The largest absolute Gasteiger partial charge is 0.379 e. The summed E-state index contributed by atoms with van der Waals surface area (Å²) in [7, 11) is 0. The molecule has 2 rings (SSSR count). The molecule has 0 bridgehead atoms. The molecule has 1 heterocycles. The molecule has 0 aromatic heterocycles. The van der Waals surface area contributed by atoms with Gasteiger partial charge in [0.1, 0.15) is 0 Å². The third kappa shape index (κ3) is 4.02. The Kier molecular flexibility index (Phi) is 4.90. The van der Waals surface area contributed by atoms with Crippen LogP contribution in [-0.2, 0) is 16.1 Å². The Morgan fingerprint density at radius 1 is 1.42 bits per heavy atom. The van der Waals surface area contributed by atoms with Crippen molar-refractivity contribution in [3.63, 3.8) is 0 Å². The van der Waals surface area contributed by atoms with Gasteiger partial charge in [-0.1, -0.05) is 18.2 Å². The lowest BCUT2D eigenvalue weighted by Gasteiger charge is -2.27. The quantitative estimate of drug-likeness (QED) is 0.843. The van der Waals surface area contributed by atoms with Crippen molar-refractivity contribution in [2.75, 3.05) is 31.6 Å². The molecule has 0 saturated carbocycles. The number of carbonyl (C=O) groups is 1. The van der Waals surface area contributed by atoms with Gasteiger partial charge in [-0.05, 0) is 18.6 Å². The summed E-state index contributed by atoms with van der Waals surface area (Å²) in [4.78, 5) is 14.0. The lowest BCUT2D eigenvalue weighted by Crippen LogP contribution is -2.36. The molecule has 0 aliphatic carbocycles. The van der Waals surface area contributed by atoms with Crippen molar-refractivity contribution in [3.05, 3.63) is 29.8 Å². The van der Waals surface area contributed by atoms with Crippen LogP contribution in [0.4, 0.5) is 5.69 Å². The molecule has 0 spiro atoms. The van der Waals surface area contributed by atoms with Crippen molar-refractivity contribution >= 4 is 11.6 Å². The van der Waals surface area contributed by atoms with Crippen LogP contribution in [0, 0.1) is 0 Å². The van der Waals surface area contributed by atoms with E-state index in [1.54, 1.807) is 6.92 Å². The Morgan fingerprint density at radius 3 is 2.79 bits per heavy atom. The van der Waals surface area contributed by atoms with Crippen LogP contribution in [0.15, 0.2) is 24.3 Å². The number of morpholine rings is 1. The second-order valence-corrected chi connectivity index (χ2v) is 4.82. The van der Waals surface area contributed by atoms with Crippen molar-refractivity contribution in [1.82, 2.24) is 4.90 Å².